The van der Waals surface area contributed by atoms with Gasteiger partial charge < -0.3 is 10.2 Å². The van der Waals surface area contributed by atoms with Gasteiger partial charge in [-0.05, 0) is 16.7 Å². The molecule has 0 bridgehead atoms. The van der Waals surface area contributed by atoms with Gasteiger partial charge in [0, 0.05) is 0 Å². The summed E-state index contributed by atoms with van der Waals surface area (Å²) in [7, 11) is 0. The molecule has 0 saturated carbocycles. The van der Waals surface area contributed by atoms with Crippen LogP contribution in [0.1, 0.15) is 11.7 Å². The van der Waals surface area contributed by atoms with Crippen molar-refractivity contribution in [2.75, 3.05) is 0 Å². The standard InChI is InChI=1S/C14H12O3/c15-13(14(16)17)12-8-6-11(7-9-12)10-4-2-1-3-5-10/h1-9,13,15H,(H,16,17)/t13-/m1/s1. The highest BCUT2D eigenvalue weighted by Gasteiger charge is 2.15. The molecule has 0 heterocycles. The van der Waals surface area contributed by atoms with Gasteiger partial charge in [0.15, 0.2) is 6.10 Å². The van der Waals surface area contributed by atoms with Crippen LogP contribution in [0.2, 0.25) is 0 Å². The molecule has 0 radical (unpaired) electrons. The number of carbonyl (C=O) groups is 1. The van der Waals surface area contributed by atoms with Crippen LogP contribution in [0, 0.1) is 0 Å². The first-order chi connectivity index (χ1) is 8.18. The summed E-state index contributed by atoms with van der Waals surface area (Å²) in [6, 6.07) is 16.6. The third kappa shape index (κ3) is 2.52. The lowest BCUT2D eigenvalue weighted by Crippen LogP contribution is -2.09. The zero-order valence-corrected chi connectivity index (χ0v) is 9.08. The zero-order chi connectivity index (χ0) is 12.3. The van der Waals surface area contributed by atoms with E-state index in [0.29, 0.717) is 5.56 Å². The summed E-state index contributed by atoms with van der Waals surface area (Å²) < 4.78 is 0. The Morgan fingerprint density at radius 3 is 1.94 bits per heavy atom. The van der Waals surface area contributed by atoms with Gasteiger partial charge in [0.05, 0.1) is 0 Å². The summed E-state index contributed by atoms with van der Waals surface area (Å²) in [6.45, 7) is 0. The van der Waals surface area contributed by atoms with E-state index in [2.05, 4.69) is 0 Å². The summed E-state index contributed by atoms with van der Waals surface area (Å²) in [4.78, 5) is 10.6. The van der Waals surface area contributed by atoms with Crippen molar-refractivity contribution < 1.29 is 15.0 Å². The molecule has 2 rings (SSSR count). The maximum atomic E-state index is 10.6. The fraction of sp³-hybridized carbons (Fsp3) is 0.0714. The van der Waals surface area contributed by atoms with Crippen LogP contribution in [0.15, 0.2) is 54.6 Å². The minimum Gasteiger partial charge on any atom is -0.479 e. The van der Waals surface area contributed by atoms with Crippen molar-refractivity contribution in [3.63, 3.8) is 0 Å². The minimum atomic E-state index is -1.46. The van der Waals surface area contributed by atoms with Gasteiger partial charge in [0.1, 0.15) is 0 Å². The molecule has 2 aromatic carbocycles. The number of aliphatic hydroxyl groups excluding tert-OH is 1. The Labute approximate surface area is 99.0 Å². The quantitative estimate of drug-likeness (QED) is 0.848. The van der Waals surface area contributed by atoms with Gasteiger partial charge in [-0.15, -0.1) is 0 Å². The van der Waals surface area contributed by atoms with E-state index in [9.17, 15) is 9.90 Å². The van der Waals surface area contributed by atoms with Crippen molar-refractivity contribution in [1.29, 1.82) is 0 Å². The summed E-state index contributed by atoms with van der Waals surface area (Å²) in [6.07, 6.45) is -1.46. The molecule has 1 atom stereocenters. The summed E-state index contributed by atoms with van der Waals surface area (Å²) in [5.74, 6) is -1.24. The third-order valence-corrected chi connectivity index (χ3v) is 2.57. The predicted molar refractivity (Wildman–Crippen MR) is 64.5 cm³/mol. The Morgan fingerprint density at radius 1 is 0.882 bits per heavy atom. The monoisotopic (exact) mass is 228 g/mol. The molecule has 0 aliphatic rings. The number of benzene rings is 2. The molecule has 3 heteroatoms. The minimum absolute atomic E-state index is 0.386. The third-order valence-electron chi connectivity index (χ3n) is 2.57. The number of carboxylic acid groups (broad SMARTS) is 1. The molecule has 0 amide bonds. The average molecular weight is 228 g/mol. The first-order valence-electron chi connectivity index (χ1n) is 5.25. The van der Waals surface area contributed by atoms with Crippen LogP contribution >= 0.6 is 0 Å². The topological polar surface area (TPSA) is 57.5 Å². The number of carboxylic acids is 1. The predicted octanol–water partition coefficient (Wildman–Crippen LogP) is 2.47. The summed E-state index contributed by atoms with van der Waals surface area (Å²) >= 11 is 0. The van der Waals surface area contributed by atoms with Gasteiger partial charge >= 0.3 is 5.97 Å². The molecule has 2 N–H and O–H groups in total. The molecule has 17 heavy (non-hydrogen) atoms. The van der Waals surface area contributed by atoms with Crippen LogP contribution in [-0.4, -0.2) is 16.2 Å². The van der Waals surface area contributed by atoms with Crippen molar-refractivity contribution in [1.82, 2.24) is 0 Å². The lowest BCUT2D eigenvalue weighted by atomic mass is 10.0. The van der Waals surface area contributed by atoms with E-state index >= 15 is 0 Å². The fourth-order valence-corrected chi connectivity index (χ4v) is 1.63. The van der Waals surface area contributed by atoms with Crippen LogP contribution < -0.4 is 0 Å². The molecule has 2 aromatic rings. The van der Waals surface area contributed by atoms with Crippen molar-refractivity contribution in [3.8, 4) is 11.1 Å². The molecular weight excluding hydrogens is 216 g/mol. The number of aliphatic carboxylic acids is 1. The maximum Gasteiger partial charge on any atom is 0.337 e. The maximum absolute atomic E-state index is 10.6. The first kappa shape index (κ1) is 11.4. The second-order valence-corrected chi connectivity index (χ2v) is 3.73. The van der Waals surface area contributed by atoms with E-state index in [4.69, 9.17) is 5.11 Å². The van der Waals surface area contributed by atoms with Crippen LogP contribution in [0.5, 0.6) is 0 Å². The van der Waals surface area contributed by atoms with Crippen molar-refractivity contribution in [3.05, 3.63) is 60.2 Å². The summed E-state index contributed by atoms with van der Waals surface area (Å²) in [5, 5.41) is 18.0. The zero-order valence-electron chi connectivity index (χ0n) is 9.08. The van der Waals surface area contributed by atoms with E-state index in [0.717, 1.165) is 11.1 Å². The Hall–Kier alpha value is -2.13. The Kier molecular flexibility index (Phi) is 3.21. The first-order valence-corrected chi connectivity index (χ1v) is 5.25. The highest BCUT2D eigenvalue weighted by molar-refractivity contribution is 5.74. The van der Waals surface area contributed by atoms with E-state index < -0.39 is 12.1 Å². The van der Waals surface area contributed by atoms with Crippen LogP contribution in [0.4, 0.5) is 0 Å². The van der Waals surface area contributed by atoms with Crippen molar-refractivity contribution in [2.24, 2.45) is 0 Å². The second kappa shape index (κ2) is 4.80. The molecule has 3 nitrogen and oxygen atoms in total. The molecule has 0 aromatic heterocycles. The SMILES string of the molecule is O=C(O)[C@H](O)c1ccc(-c2ccccc2)cc1. The second-order valence-electron chi connectivity index (χ2n) is 3.73. The molecule has 0 fully saturated rings. The number of hydrogen-bond donors (Lipinski definition) is 2. The molecule has 86 valence electrons. The fourth-order valence-electron chi connectivity index (χ4n) is 1.63. The largest absolute Gasteiger partial charge is 0.479 e. The van der Waals surface area contributed by atoms with Crippen molar-refractivity contribution in [2.45, 2.75) is 6.10 Å². The number of hydrogen-bond acceptors (Lipinski definition) is 2. The molecule has 0 unspecified atom stereocenters. The summed E-state index contributed by atoms with van der Waals surface area (Å²) in [5.41, 5.74) is 2.44. The normalized spacial score (nSPS) is 12.1. The molecule has 0 spiro atoms. The van der Waals surface area contributed by atoms with E-state index in [-0.39, 0.29) is 0 Å². The van der Waals surface area contributed by atoms with Crippen molar-refractivity contribution >= 4 is 5.97 Å². The molecule has 0 saturated heterocycles. The van der Waals surface area contributed by atoms with Gasteiger partial charge in [-0.2, -0.15) is 0 Å². The lowest BCUT2D eigenvalue weighted by molar-refractivity contribution is -0.146. The van der Waals surface area contributed by atoms with E-state index in [1.807, 2.05) is 30.3 Å². The number of aliphatic hydroxyl groups is 1. The van der Waals surface area contributed by atoms with Crippen LogP contribution in [0.25, 0.3) is 11.1 Å². The van der Waals surface area contributed by atoms with Gasteiger partial charge in [-0.1, -0.05) is 54.6 Å². The van der Waals surface area contributed by atoms with Gasteiger partial charge in [-0.25, -0.2) is 4.79 Å². The Bertz CT molecular complexity index is 503. The highest BCUT2D eigenvalue weighted by atomic mass is 16.4. The smallest absolute Gasteiger partial charge is 0.337 e. The molecule has 0 aliphatic carbocycles. The van der Waals surface area contributed by atoms with Gasteiger partial charge in [-0.3, -0.25) is 0 Å². The van der Waals surface area contributed by atoms with Gasteiger partial charge in [0.2, 0.25) is 0 Å². The van der Waals surface area contributed by atoms with Crippen LogP contribution in [-0.2, 0) is 4.79 Å². The van der Waals surface area contributed by atoms with Crippen LogP contribution in [0.3, 0.4) is 0 Å². The Morgan fingerprint density at radius 2 is 1.41 bits per heavy atom. The lowest BCUT2D eigenvalue weighted by Gasteiger charge is -2.07. The Balaban J connectivity index is 2.28. The van der Waals surface area contributed by atoms with Gasteiger partial charge in [0.25, 0.3) is 0 Å². The molecular formula is C14H12O3. The molecule has 0 aliphatic heterocycles. The number of rotatable bonds is 3. The highest BCUT2D eigenvalue weighted by Crippen LogP contribution is 2.21. The van der Waals surface area contributed by atoms with E-state index in [1.54, 1.807) is 24.3 Å². The van der Waals surface area contributed by atoms with E-state index in [1.165, 1.54) is 0 Å². The average Bonchev–Trinajstić information content (AvgIpc) is 2.39.